The third-order valence-electron chi connectivity index (χ3n) is 2.94. The molecule has 0 radical (unpaired) electrons. The largest absolute Gasteiger partial charge is 0.399 e. The van der Waals surface area contributed by atoms with Crippen molar-refractivity contribution in [1.82, 2.24) is 9.97 Å². The van der Waals surface area contributed by atoms with Crippen LogP contribution in [0.1, 0.15) is 11.3 Å². The molecule has 4 N–H and O–H groups in total. The lowest BCUT2D eigenvalue weighted by molar-refractivity contribution is -0.116. The van der Waals surface area contributed by atoms with Crippen LogP contribution in [0.2, 0.25) is 0 Å². The molecule has 1 amide bonds. The fourth-order valence-corrected chi connectivity index (χ4v) is 1.90. The van der Waals surface area contributed by atoms with Crippen LogP contribution in [0.4, 0.5) is 15.9 Å². The monoisotopic (exact) mass is 289 g/mol. The van der Waals surface area contributed by atoms with Gasteiger partial charge in [-0.25, -0.2) is 14.4 Å². The van der Waals surface area contributed by atoms with E-state index in [4.69, 9.17) is 11.5 Å². The number of nitrogen functional groups attached to an aromatic ring is 1. The van der Waals surface area contributed by atoms with Crippen molar-refractivity contribution in [3.8, 4) is 0 Å². The van der Waals surface area contributed by atoms with Crippen LogP contribution < -0.4 is 16.4 Å². The number of halogens is 1. The number of carbonyl (C=O) groups excluding carboxylic acids is 1. The van der Waals surface area contributed by atoms with Gasteiger partial charge in [-0.2, -0.15) is 0 Å². The fraction of sp³-hybridized carbons (Fsp3) is 0.214. The molecular weight excluding hydrogens is 273 g/mol. The van der Waals surface area contributed by atoms with Crippen LogP contribution in [0.15, 0.2) is 30.6 Å². The summed E-state index contributed by atoms with van der Waals surface area (Å²) in [5.41, 5.74) is 12.6. The molecule has 0 saturated carbocycles. The summed E-state index contributed by atoms with van der Waals surface area (Å²) in [6.07, 6.45) is 1.25. The highest BCUT2D eigenvalue weighted by Gasteiger charge is 2.17. The molecule has 0 fully saturated rings. The average Bonchev–Trinajstić information content (AvgIpc) is 2.43. The standard InChI is InChI=1S/C14H16FN5O/c1-9-13(15)14(19-8-18-9)20(7-12(17)21)6-10-2-4-11(16)5-3-10/h2-5,8H,6-7,16H2,1H3,(H2,17,21). The first kappa shape index (κ1) is 14.7. The third-order valence-corrected chi connectivity index (χ3v) is 2.94. The Hall–Kier alpha value is -2.70. The Bertz CT molecular complexity index is 644. The Balaban J connectivity index is 2.32. The molecule has 2 rings (SSSR count). The van der Waals surface area contributed by atoms with Gasteiger partial charge in [0, 0.05) is 12.2 Å². The first-order valence-electron chi connectivity index (χ1n) is 6.32. The summed E-state index contributed by atoms with van der Waals surface area (Å²) < 4.78 is 14.1. The van der Waals surface area contributed by atoms with Crippen molar-refractivity contribution in [2.24, 2.45) is 5.73 Å². The number of nitrogens with two attached hydrogens (primary N) is 2. The van der Waals surface area contributed by atoms with Crippen molar-refractivity contribution >= 4 is 17.4 Å². The minimum absolute atomic E-state index is 0.0538. The summed E-state index contributed by atoms with van der Waals surface area (Å²) in [5.74, 6) is -1.08. The van der Waals surface area contributed by atoms with E-state index >= 15 is 0 Å². The fourth-order valence-electron chi connectivity index (χ4n) is 1.90. The summed E-state index contributed by atoms with van der Waals surface area (Å²) in [6.45, 7) is 1.68. The molecule has 1 heterocycles. The summed E-state index contributed by atoms with van der Waals surface area (Å²) in [5, 5.41) is 0. The molecule has 0 aliphatic rings. The summed E-state index contributed by atoms with van der Waals surface area (Å²) in [4.78, 5) is 20.4. The third kappa shape index (κ3) is 3.65. The number of hydrogen-bond acceptors (Lipinski definition) is 5. The van der Waals surface area contributed by atoms with Gasteiger partial charge in [-0.15, -0.1) is 0 Å². The molecular formula is C14H16FN5O. The van der Waals surface area contributed by atoms with Gasteiger partial charge in [0.05, 0.1) is 12.2 Å². The number of hydrogen-bond donors (Lipinski definition) is 2. The van der Waals surface area contributed by atoms with Crippen LogP contribution in [-0.2, 0) is 11.3 Å². The number of carbonyl (C=O) groups is 1. The number of primary amides is 1. The first-order chi connectivity index (χ1) is 9.97. The zero-order chi connectivity index (χ0) is 15.4. The van der Waals surface area contributed by atoms with E-state index in [0.717, 1.165) is 5.56 Å². The van der Waals surface area contributed by atoms with E-state index in [-0.39, 0.29) is 24.6 Å². The Morgan fingerprint density at radius 1 is 1.29 bits per heavy atom. The maximum Gasteiger partial charge on any atom is 0.237 e. The summed E-state index contributed by atoms with van der Waals surface area (Å²) in [6, 6.07) is 7.07. The maximum absolute atomic E-state index is 14.1. The smallest absolute Gasteiger partial charge is 0.237 e. The van der Waals surface area contributed by atoms with Gasteiger partial charge in [-0.1, -0.05) is 12.1 Å². The predicted octanol–water partition coefficient (Wildman–Crippen LogP) is 0.998. The van der Waals surface area contributed by atoms with E-state index in [1.807, 2.05) is 0 Å². The van der Waals surface area contributed by atoms with Crippen LogP contribution in [0.25, 0.3) is 0 Å². The SMILES string of the molecule is Cc1ncnc(N(CC(N)=O)Cc2ccc(N)cc2)c1F. The minimum Gasteiger partial charge on any atom is -0.399 e. The molecule has 0 unspecified atom stereocenters. The molecule has 7 heteroatoms. The second kappa shape index (κ2) is 6.17. The van der Waals surface area contributed by atoms with E-state index in [9.17, 15) is 9.18 Å². The van der Waals surface area contributed by atoms with Gasteiger partial charge in [0.25, 0.3) is 0 Å². The Labute approximate surface area is 121 Å². The molecule has 6 nitrogen and oxygen atoms in total. The number of aromatic nitrogens is 2. The second-order valence-corrected chi connectivity index (χ2v) is 4.66. The van der Waals surface area contributed by atoms with Crippen molar-refractivity contribution in [2.75, 3.05) is 17.2 Å². The van der Waals surface area contributed by atoms with E-state index in [2.05, 4.69) is 9.97 Å². The zero-order valence-electron chi connectivity index (χ0n) is 11.6. The zero-order valence-corrected chi connectivity index (χ0v) is 11.6. The van der Waals surface area contributed by atoms with Crippen LogP contribution in [0.3, 0.4) is 0 Å². The highest BCUT2D eigenvalue weighted by molar-refractivity contribution is 5.79. The van der Waals surface area contributed by atoms with Gasteiger partial charge in [0.2, 0.25) is 5.91 Å². The number of amides is 1. The number of nitrogens with zero attached hydrogens (tertiary/aromatic N) is 3. The number of aryl methyl sites for hydroxylation is 1. The molecule has 21 heavy (non-hydrogen) atoms. The van der Waals surface area contributed by atoms with Crippen molar-refractivity contribution in [2.45, 2.75) is 13.5 Å². The lowest BCUT2D eigenvalue weighted by atomic mass is 10.2. The Morgan fingerprint density at radius 3 is 2.57 bits per heavy atom. The van der Waals surface area contributed by atoms with Gasteiger partial charge in [-0.05, 0) is 24.6 Å². The number of benzene rings is 1. The quantitative estimate of drug-likeness (QED) is 0.800. The predicted molar refractivity (Wildman–Crippen MR) is 77.8 cm³/mol. The van der Waals surface area contributed by atoms with Gasteiger partial charge in [-0.3, -0.25) is 4.79 Å². The second-order valence-electron chi connectivity index (χ2n) is 4.66. The molecule has 0 aliphatic heterocycles. The lowest BCUT2D eigenvalue weighted by Gasteiger charge is -2.23. The normalized spacial score (nSPS) is 10.4. The van der Waals surface area contributed by atoms with Gasteiger partial charge >= 0.3 is 0 Å². The average molecular weight is 289 g/mol. The van der Waals surface area contributed by atoms with Crippen LogP contribution in [-0.4, -0.2) is 22.4 Å². The molecule has 0 spiro atoms. The molecule has 2 aromatic rings. The topological polar surface area (TPSA) is 98.1 Å². The molecule has 0 aliphatic carbocycles. The van der Waals surface area contributed by atoms with E-state index in [0.29, 0.717) is 5.69 Å². The lowest BCUT2D eigenvalue weighted by Crippen LogP contribution is -2.34. The number of rotatable bonds is 5. The molecule has 0 saturated heterocycles. The summed E-state index contributed by atoms with van der Waals surface area (Å²) in [7, 11) is 0. The van der Waals surface area contributed by atoms with Gasteiger partial charge < -0.3 is 16.4 Å². The Morgan fingerprint density at radius 2 is 1.95 bits per heavy atom. The maximum atomic E-state index is 14.1. The Kier molecular flexibility index (Phi) is 4.32. The van der Waals surface area contributed by atoms with E-state index in [1.54, 1.807) is 24.3 Å². The van der Waals surface area contributed by atoms with Crippen molar-refractivity contribution < 1.29 is 9.18 Å². The highest BCUT2D eigenvalue weighted by Crippen LogP contribution is 2.20. The van der Waals surface area contributed by atoms with Crippen LogP contribution >= 0.6 is 0 Å². The van der Waals surface area contributed by atoms with Crippen LogP contribution in [0, 0.1) is 12.7 Å². The first-order valence-corrected chi connectivity index (χ1v) is 6.32. The van der Waals surface area contributed by atoms with Crippen molar-refractivity contribution in [3.63, 3.8) is 0 Å². The van der Waals surface area contributed by atoms with Crippen molar-refractivity contribution in [3.05, 3.63) is 47.7 Å². The van der Waals surface area contributed by atoms with E-state index in [1.165, 1.54) is 18.2 Å². The van der Waals surface area contributed by atoms with E-state index < -0.39 is 11.7 Å². The van der Waals surface area contributed by atoms with Crippen molar-refractivity contribution in [1.29, 1.82) is 0 Å². The number of anilines is 2. The highest BCUT2D eigenvalue weighted by atomic mass is 19.1. The van der Waals surface area contributed by atoms with Gasteiger partial charge in [0.1, 0.15) is 6.33 Å². The molecule has 1 aromatic carbocycles. The molecule has 0 bridgehead atoms. The molecule has 1 aromatic heterocycles. The molecule has 110 valence electrons. The van der Waals surface area contributed by atoms with Gasteiger partial charge in [0.15, 0.2) is 11.6 Å². The summed E-state index contributed by atoms with van der Waals surface area (Å²) >= 11 is 0. The van der Waals surface area contributed by atoms with Crippen LogP contribution in [0.5, 0.6) is 0 Å². The molecule has 0 atom stereocenters. The minimum atomic E-state index is -0.568.